The van der Waals surface area contributed by atoms with E-state index >= 15 is 0 Å². The van der Waals surface area contributed by atoms with Gasteiger partial charge in [-0.25, -0.2) is 0 Å². The molecule has 0 aliphatic heterocycles. The Balaban J connectivity index is 2.76. The summed E-state index contributed by atoms with van der Waals surface area (Å²) in [6.07, 6.45) is 4.96. The van der Waals surface area contributed by atoms with Gasteiger partial charge in [0.15, 0.2) is 0 Å². The second kappa shape index (κ2) is 8.42. The van der Waals surface area contributed by atoms with E-state index in [2.05, 4.69) is 17.5 Å². The zero-order valence-corrected chi connectivity index (χ0v) is 12.1. The number of nitrogens with one attached hydrogen (secondary N) is 1. The van der Waals surface area contributed by atoms with Crippen molar-refractivity contribution in [2.45, 2.75) is 33.1 Å². The van der Waals surface area contributed by atoms with Crippen molar-refractivity contribution in [3.63, 3.8) is 0 Å². The van der Waals surface area contributed by atoms with Crippen LogP contribution in [-0.2, 0) is 0 Å². The average molecular weight is 296 g/mol. The summed E-state index contributed by atoms with van der Waals surface area (Å²) in [5, 5.41) is 42.8. The fourth-order valence-corrected chi connectivity index (χ4v) is 1.73. The van der Waals surface area contributed by atoms with Crippen molar-refractivity contribution >= 4 is 23.3 Å². The standard InChI is InChI=1S/C13H20N4O4/c1-3-4-5-10(2)9-14-15-12-7-6-11(16(18)19)8-13(12)17(20)21/h6-10,15,20-21H,3-5H2,1-2H3/q-2/t10-/m1/s1. The van der Waals surface area contributed by atoms with E-state index in [4.69, 9.17) is 10.4 Å². The largest absolute Gasteiger partial charge is 0.769 e. The van der Waals surface area contributed by atoms with E-state index in [1.54, 1.807) is 6.21 Å². The summed E-state index contributed by atoms with van der Waals surface area (Å²) in [6.45, 7) is 4.14. The molecule has 0 amide bonds. The molecule has 0 heterocycles. The molecule has 0 fully saturated rings. The van der Waals surface area contributed by atoms with Gasteiger partial charge in [0.1, 0.15) is 5.69 Å². The molecule has 0 saturated carbocycles. The lowest BCUT2D eigenvalue weighted by Crippen LogP contribution is -2.14. The lowest BCUT2D eigenvalue weighted by Gasteiger charge is -2.37. The van der Waals surface area contributed by atoms with E-state index in [9.17, 15) is 10.4 Å². The first-order valence-corrected chi connectivity index (χ1v) is 6.71. The Morgan fingerprint density at radius 1 is 1.38 bits per heavy atom. The molecule has 0 spiro atoms. The minimum absolute atomic E-state index is 0.150. The smallest absolute Gasteiger partial charge is 0.121 e. The van der Waals surface area contributed by atoms with Crippen LogP contribution in [0.3, 0.4) is 0 Å². The van der Waals surface area contributed by atoms with Gasteiger partial charge in [-0.1, -0.05) is 26.7 Å². The molecule has 3 N–H and O–H groups in total. The van der Waals surface area contributed by atoms with Crippen molar-refractivity contribution < 1.29 is 10.4 Å². The molecular formula is C13H20N4O4-2. The number of nitrogens with zero attached hydrogens (tertiary/aromatic N) is 3. The predicted octanol–water partition coefficient (Wildman–Crippen LogP) is 3.30. The van der Waals surface area contributed by atoms with E-state index in [0.717, 1.165) is 25.3 Å². The Hall–Kier alpha value is -1.87. The molecule has 118 valence electrons. The van der Waals surface area contributed by atoms with Crippen molar-refractivity contribution in [1.82, 2.24) is 0 Å². The average Bonchev–Trinajstić information content (AvgIpc) is 2.44. The Kier molecular flexibility index (Phi) is 6.89. The normalized spacial score (nSPS) is 12.5. The Morgan fingerprint density at radius 2 is 2.10 bits per heavy atom. The maximum absolute atomic E-state index is 10.7. The highest BCUT2D eigenvalue weighted by molar-refractivity contribution is 5.74. The molecule has 1 rings (SSSR count). The molecule has 0 aliphatic rings. The van der Waals surface area contributed by atoms with Gasteiger partial charge in [0.05, 0.1) is 5.69 Å². The van der Waals surface area contributed by atoms with Crippen molar-refractivity contribution in [3.05, 3.63) is 28.6 Å². The SMILES string of the molecule is CCCC[C@@H](C)C=NNc1ccc(N([O-])[O-])cc1N(O)O. The van der Waals surface area contributed by atoms with Crippen LogP contribution >= 0.6 is 0 Å². The third-order valence-electron chi connectivity index (χ3n) is 2.93. The Bertz CT molecular complexity index is 465. The number of benzene rings is 1. The van der Waals surface area contributed by atoms with Crippen molar-refractivity contribution in [2.24, 2.45) is 11.0 Å². The number of hydrazone groups is 1. The number of unbranched alkanes of at least 4 members (excludes halogenated alkanes) is 1. The van der Waals surface area contributed by atoms with Crippen LogP contribution in [0.5, 0.6) is 0 Å². The second-order valence-corrected chi connectivity index (χ2v) is 4.76. The van der Waals surface area contributed by atoms with Gasteiger partial charge in [-0.2, -0.15) is 5.10 Å². The zero-order valence-electron chi connectivity index (χ0n) is 12.1. The topological polar surface area (TPSA) is 117 Å². The van der Waals surface area contributed by atoms with E-state index in [1.165, 1.54) is 12.1 Å². The van der Waals surface area contributed by atoms with Crippen LogP contribution in [-0.4, -0.2) is 16.6 Å². The number of anilines is 3. The molecule has 8 heteroatoms. The molecule has 1 atom stereocenters. The van der Waals surface area contributed by atoms with E-state index < -0.39 is 5.23 Å². The van der Waals surface area contributed by atoms with E-state index in [1.807, 2.05) is 6.92 Å². The molecule has 0 bridgehead atoms. The summed E-state index contributed by atoms with van der Waals surface area (Å²) < 4.78 is 0. The van der Waals surface area contributed by atoms with Crippen molar-refractivity contribution in [3.8, 4) is 0 Å². The highest BCUT2D eigenvalue weighted by Crippen LogP contribution is 2.29. The van der Waals surface area contributed by atoms with Gasteiger partial charge in [-0.05, 0) is 30.5 Å². The maximum atomic E-state index is 10.7. The predicted molar refractivity (Wildman–Crippen MR) is 82.5 cm³/mol. The van der Waals surface area contributed by atoms with Crippen LogP contribution in [0.1, 0.15) is 33.1 Å². The third kappa shape index (κ3) is 5.56. The lowest BCUT2D eigenvalue weighted by molar-refractivity contribution is 0.0295. The van der Waals surface area contributed by atoms with Gasteiger partial charge < -0.3 is 15.6 Å². The number of hydrogen-bond donors (Lipinski definition) is 3. The first-order valence-electron chi connectivity index (χ1n) is 6.71. The summed E-state index contributed by atoms with van der Waals surface area (Å²) >= 11 is 0. The highest BCUT2D eigenvalue weighted by Gasteiger charge is 2.08. The lowest BCUT2D eigenvalue weighted by atomic mass is 10.1. The summed E-state index contributed by atoms with van der Waals surface area (Å²) in [5.74, 6) is 0.290. The van der Waals surface area contributed by atoms with E-state index in [-0.39, 0.29) is 22.3 Å². The van der Waals surface area contributed by atoms with Crippen molar-refractivity contribution in [1.29, 1.82) is 0 Å². The van der Waals surface area contributed by atoms with Crippen molar-refractivity contribution in [2.75, 3.05) is 15.9 Å². The van der Waals surface area contributed by atoms with Gasteiger partial charge in [-0.15, -0.1) is 5.23 Å². The fraction of sp³-hybridized carbons (Fsp3) is 0.462. The highest BCUT2D eigenvalue weighted by atomic mass is 16.8. The van der Waals surface area contributed by atoms with E-state index in [0.29, 0.717) is 5.92 Å². The minimum Gasteiger partial charge on any atom is -0.769 e. The molecule has 8 nitrogen and oxygen atoms in total. The molecule has 0 aromatic heterocycles. The molecule has 0 unspecified atom stereocenters. The van der Waals surface area contributed by atoms with Crippen LogP contribution in [0, 0.1) is 16.3 Å². The molecule has 1 aromatic carbocycles. The summed E-state index contributed by atoms with van der Waals surface area (Å²) in [7, 11) is 0. The van der Waals surface area contributed by atoms with Crippen LogP contribution in [0.25, 0.3) is 0 Å². The fourth-order valence-electron chi connectivity index (χ4n) is 1.73. The van der Waals surface area contributed by atoms with Crippen LogP contribution < -0.4 is 15.9 Å². The number of rotatable bonds is 8. The van der Waals surface area contributed by atoms with Gasteiger partial charge in [0.25, 0.3) is 0 Å². The molecular weight excluding hydrogens is 276 g/mol. The van der Waals surface area contributed by atoms with Gasteiger partial charge >= 0.3 is 0 Å². The monoisotopic (exact) mass is 296 g/mol. The Labute approximate surface area is 123 Å². The van der Waals surface area contributed by atoms with Crippen LogP contribution in [0.15, 0.2) is 23.3 Å². The summed E-state index contributed by atoms with van der Waals surface area (Å²) in [6, 6.07) is 3.66. The third-order valence-corrected chi connectivity index (χ3v) is 2.93. The number of hydrogen-bond acceptors (Lipinski definition) is 8. The summed E-state index contributed by atoms with van der Waals surface area (Å²) in [4.78, 5) is 0. The maximum Gasteiger partial charge on any atom is 0.121 e. The van der Waals surface area contributed by atoms with Crippen LogP contribution in [0.4, 0.5) is 17.1 Å². The Morgan fingerprint density at radius 3 is 2.67 bits per heavy atom. The first kappa shape index (κ1) is 17.2. The molecule has 21 heavy (non-hydrogen) atoms. The van der Waals surface area contributed by atoms with Gasteiger partial charge in [-0.3, -0.25) is 15.8 Å². The molecule has 0 radical (unpaired) electrons. The molecule has 0 saturated heterocycles. The molecule has 1 aromatic rings. The van der Waals surface area contributed by atoms with Gasteiger partial charge in [0, 0.05) is 11.9 Å². The quantitative estimate of drug-likeness (QED) is 0.497. The first-order chi connectivity index (χ1) is 9.95. The van der Waals surface area contributed by atoms with Gasteiger partial charge in [0.2, 0.25) is 0 Å². The van der Waals surface area contributed by atoms with Crippen LogP contribution in [0.2, 0.25) is 0 Å². The molecule has 0 aliphatic carbocycles. The zero-order chi connectivity index (χ0) is 15.8. The second-order valence-electron chi connectivity index (χ2n) is 4.76. The summed E-state index contributed by atoms with van der Waals surface area (Å²) in [5.41, 5.74) is 2.51. The minimum atomic E-state index is -0.618.